The first-order valence-corrected chi connectivity index (χ1v) is 17.0. The first-order chi connectivity index (χ1) is 22.3. The second-order valence-electron chi connectivity index (χ2n) is 17.6. The van der Waals surface area contributed by atoms with Crippen molar-refractivity contribution in [3.05, 3.63) is 69.5 Å². The molecular weight excluding hydrogens is 620 g/mol. The van der Waals surface area contributed by atoms with Crippen LogP contribution in [-0.4, -0.2) is 49.2 Å². The van der Waals surface area contributed by atoms with Gasteiger partial charge in [0.2, 0.25) is 5.78 Å². The van der Waals surface area contributed by atoms with Crippen molar-refractivity contribution in [2.75, 3.05) is 0 Å². The molecule has 3 aliphatic rings. The fourth-order valence-corrected chi connectivity index (χ4v) is 9.02. The van der Waals surface area contributed by atoms with Crippen molar-refractivity contribution < 1.29 is 39.6 Å². The summed E-state index contributed by atoms with van der Waals surface area (Å²) in [4.78, 5) is 55.2. The summed E-state index contributed by atoms with van der Waals surface area (Å²) >= 11 is 0. The normalized spacial score (nSPS) is 27.2. The maximum absolute atomic E-state index is 14.9. The molecule has 8 nitrogen and oxygen atoms in total. The summed E-state index contributed by atoms with van der Waals surface area (Å²) < 4.78 is 0. The van der Waals surface area contributed by atoms with Gasteiger partial charge in [-0.3, -0.25) is 19.2 Å². The highest BCUT2D eigenvalue weighted by Gasteiger charge is 2.72. The highest BCUT2D eigenvalue weighted by atomic mass is 16.3. The van der Waals surface area contributed by atoms with Crippen molar-refractivity contribution in [3.63, 3.8) is 0 Å². The van der Waals surface area contributed by atoms with Gasteiger partial charge in [-0.05, 0) is 65.3 Å². The van der Waals surface area contributed by atoms with Gasteiger partial charge in [-0.1, -0.05) is 87.4 Å². The Labute approximate surface area is 288 Å². The van der Waals surface area contributed by atoms with Gasteiger partial charge in [0.15, 0.2) is 23.0 Å². The number of hydrogen-bond acceptors (Lipinski definition) is 8. The number of benzene rings is 2. The minimum atomic E-state index is -2.70. The smallest absolute Gasteiger partial charge is 0.203 e. The zero-order valence-electron chi connectivity index (χ0n) is 30.6. The van der Waals surface area contributed by atoms with Gasteiger partial charge in [-0.2, -0.15) is 0 Å². The Balaban J connectivity index is 1.86. The van der Waals surface area contributed by atoms with E-state index in [4.69, 9.17) is 0 Å². The summed E-state index contributed by atoms with van der Waals surface area (Å²) in [6.07, 6.45) is 0.0330. The van der Waals surface area contributed by atoms with Crippen molar-refractivity contribution in [2.24, 2.45) is 28.1 Å². The first-order valence-electron chi connectivity index (χ1n) is 17.0. The Morgan fingerprint density at radius 2 is 1.59 bits per heavy atom. The predicted molar refractivity (Wildman–Crippen MR) is 188 cm³/mol. The van der Waals surface area contributed by atoms with Crippen LogP contribution in [0.25, 0.3) is 16.9 Å². The van der Waals surface area contributed by atoms with E-state index in [1.54, 1.807) is 45.9 Å². The standard InChI is InChI=1S/C41H50O8/c1-20(2)30-34(46)29(27(43)18-37(4,5)6)35(47)41(49)36(48)31-33(45)28-25(17-39(31,10)19-40(30,41)11)24(16-26(32(28)44)38(7,8)9)23-14-12-13-22(15-23)21(3)42/h12-16,20,30,44-45,47,49H,17-19H2,1-11H3/t30?,39-,40-,41+/m1/s1. The molecule has 4 N–H and O–H groups in total. The molecular formula is C41H50O8. The largest absolute Gasteiger partial charge is 0.508 e. The number of phenols is 1. The van der Waals surface area contributed by atoms with Gasteiger partial charge in [-0.25, -0.2) is 0 Å². The van der Waals surface area contributed by atoms with E-state index in [1.165, 1.54) is 6.92 Å². The summed E-state index contributed by atoms with van der Waals surface area (Å²) in [6.45, 7) is 19.6. The number of aromatic hydroxyl groups is 1. The van der Waals surface area contributed by atoms with Crippen LogP contribution in [0.15, 0.2) is 47.2 Å². The molecule has 0 radical (unpaired) electrons. The number of fused-ring (bicyclic) bond motifs is 3. The van der Waals surface area contributed by atoms with Crippen molar-refractivity contribution in [1.29, 1.82) is 0 Å². The van der Waals surface area contributed by atoms with E-state index in [-0.39, 0.29) is 41.9 Å². The van der Waals surface area contributed by atoms with Gasteiger partial charge < -0.3 is 20.4 Å². The molecule has 0 spiro atoms. The second kappa shape index (κ2) is 11.2. The van der Waals surface area contributed by atoms with Crippen molar-refractivity contribution >= 4 is 28.9 Å². The molecule has 0 saturated heterocycles. The maximum atomic E-state index is 14.9. The number of carbonyl (C=O) groups is 4. The number of aliphatic hydroxyl groups is 3. The molecule has 49 heavy (non-hydrogen) atoms. The van der Waals surface area contributed by atoms with Crippen LogP contribution < -0.4 is 0 Å². The molecule has 0 aliphatic heterocycles. The van der Waals surface area contributed by atoms with Crippen LogP contribution >= 0.6 is 0 Å². The lowest BCUT2D eigenvalue weighted by Gasteiger charge is -2.60. The van der Waals surface area contributed by atoms with Crippen molar-refractivity contribution in [2.45, 2.75) is 106 Å². The monoisotopic (exact) mass is 670 g/mol. The van der Waals surface area contributed by atoms with Gasteiger partial charge in [0, 0.05) is 39.9 Å². The summed E-state index contributed by atoms with van der Waals surface area (Å²) in [5.41, 5.74) is -4.37. The molecule has 0 bridgehead atoms. The van der Waals surface area contributed by atoms with Gasteiger partial charge in [-0.15, -0.1) is 0 Å². The Kier molecular flexibility index (Phi) is 8.31. The molecule has 5 rings (SSSR count). The van der Waals surface area contributed by atoms with Crippen LogP contribution in [0.1, 0.15) is 116 Å². The van der Waals surface area contributed by atoms with Gasteiger partial charge in [0.25, 0.3) is 0 Å². The lowest BCUT2D eigenvalue weighted by atomic mass is 9.43. The fourth-order valence-electron chi connectivity index (χ4n) is 9.02. The van der Waals surface area contributed by atoms with E-state index in [9.17, 15) is 39.6 Å². The third-order valence-corrected chi connectivity index (χ3v) is 11.0. The van der Waals surface area contributed by atoms with Crippen LogP contribution in [0.5, 0.6) is 5.75 Å². The number of rotatable bonds is 5. The quantitative estimate of drug-likeness (QED) is 0.186. The number of hydrogen-bond donors (Lipinski definition) is 4. The SMILES string of the molecule is CC(=O)c1cccc(-c2cc(C(C)(C)C)c(O)c3c2C[C@]2(C)C[C@]4(C)C(C(C)C)C(=O)C(C(=O)CC(C)(C)C)=C(O)[C@]4(O)C(=O)C2=C3O)c1. The van der Waals surface area contributed by atoms with Crippen LogP contribution in [0, 0.1) is 28.1 Å². The molecule has 4 atom stereocenters. The third-order valence-electron chi connectivity index (χ3n) is 11.0. The Morgan fingerprint density at radius 3 is 2.12 bits per heavy atom. The number of ketones is 4. The number of carbonyl (C=O) groups excluding carboxylic acids is 4. The zero-order valence-corrected chi connectivity index (χ0v) is 30.6. The van der Waals surface area contributed by atoms with Crippen LogP contribution in [0.4, 0.5) is 0 Å². The van der Waals surface area contributed by atoms with Crippen LogP contribution in [-0.2, 0) is 26.2 Å². The molecule has 0 amide bonds. The predicted octanol–water partition coefficient (Wildman–Crippen LogP) is 7.77. The van der Waals surface area contributed by atoms with Gasteiger partial charge >= 0.3 is 0 Å². The van der Waals surface area contributed by atoms with Gasteiger partial charge in [0.05, 0.1) is 5.56 Å². The fraction of sp³-hybridized carbons (Fsp3) is 0.512. The molecule has 262 valence electrons. The summed E-state index contributed by atoms with van der Waals surface area (Å²) in [7, 11) is 0. The summed E-state index contributed by atoms with van der Waals surface area (Å²) in [5, 5.41) is 48.5. The summed E-state index contributed by atoms with van der Waals surface area (Å²) in [5.74, 6) is -5.53. The van der Waals surface area contributed by atoms with E-state index in [1.807, 2.05) is 53.7 Å². The van der Waals surface area contributed by atoms with E-state index in [0.29, 0.717) is 27.8 Å². The second-order valence-corrected chi connectivity index (χ2v) is 17.6. The molecule has 0 aromatic heterocycles. The lowest BCUT2D eigenvalue weighted by molar-refractivity contribution is -0.178. The highest BCUT2D eigenvalue weighted by molar-refractivity contribution is 6.25. The van der Waals surface area contributed by atoms with E-state index in [2.05, 4.69) is 0 Å². The van der Waals surface area contributed by atoms with E-state index in [0.717, 1.165) is 0 Å². The van der Waals surface area contributed by atoms with E-state index < -0.39 is 73.5 Å². The van der Waals surface area contributed by atoms with Crippen molar-refractivity contribution in [1.82, 2.24) is 0 Å². The molecule has 2 aromatic rings. The Hall–Kier alpha value is -4.04. The lowest BCUT2D eigenvalue weighted by Crippen LogP contribution is -2.69. The molecule has 8 heteroatoms. The average molecular weight is 671 g/mol. The zero-order chi connectivity index (χ0) is 37.0. The topological polar surface area (TPSA) is 149 Å². The maximum Gasteiger partial charge on any atom is 0.203 e. The number of aliphatic hydroxyl groups excluding tert-OH is 2. The molecule has 1 fully saturated rings. The Morgan fingerprint density at radius 1 is 0.980 bits per heavy atom. The number of allylic oxidation sites excluding steroid dienone is 1. The molecule has 0 heterocycles. The van der Waals surface area contributed by atoms with Crippen LogP contribution in [0.3, 0.4) is 0 Å². The van der Waals surface area contributed by atoms with E-state index >= 15 is 0 Å². The van der Waals surface area contributed by atoms with Gasteiger partial charge in [0.1, 0.15) is 22.8 Å². The minimum absolute atomic E-state index is 0.00479. The highest BCUT2D eigenvalue weighted by Crippen LogP contribution is 2.65. The Bertz CT molecular complexity index is 1890. The molecule has 3 aliphatic carbocycles. The average Bonchev–Trinajstić information content (AvgIpc) is 2.93. The number of phenolic OH excluding ortho intramolecular Hbond substituents is 1. The van der Waals surface area contributed by atoms with Crippen molar-refractivity contribution in [3.8, 4) is 16.9 Å². The van der Waals surface area contributed by atoms with Crippen LogP contribution in [0.2, 0.25) is 0 Å². The molecule has 1 unspecified atom stereocenters. The minimum Gasteiger partial charge on any atom is -0.508 e. The molecule has 2 aromatic carbocycles. The number of Topliss-reactive ketones (excluding diaryl/α,β-unsaturated/α-hetero) is 4. The summed E-state index contributed by atoms with van der Waals surface area (Å²) in [6, 6.07) is 8.96. The third kappa shape index (κ3) is 5.29. The molecule has 1 saturated carbocycles. The first kappa shape index (κ1) is 36.2.